The van der Waals surface area contributed by atoms with Crippen LogP contribution in [-0.2, 0) is 6.54 Å². The van der Waals surface area contributed by atoms with E-state index in [1.807, 2.05) is 17.4 Å². The highest BCUT2D eigenvalue weighted by molar-refractivity contribution is 7.20. The van der Waals surface area contributed by atoms with Gasteiger partial charge in [0, 0.05) is 16.1 Å². The number of hydrogen-bond donors (Lipinski definition) is 1. The molecule has 0 spiro atoms. The highest BCUT2D eigenvalue weighted by Crippen LogP contribution is 2.37. The van der Waals surface area contributed by atoms with E-state index in [1.165, 1.54) is 31.3 Å². The summed E-state index contributed by atoms with van der Waals surface area (Å²) in [5.41, 5.74) is 1.37. The van der Waals surface area contributed by atoms with E-state index in [2.05, 4.69) is 41.7 Å². The third-order valence-electron chi connectivity index (χ3n) is 3.38. The van der Waals surface area contributed by atoms with Crippen LogP contribution in [0.15, 0.2) is 41.6 Å². The van der Waals surface area contributed by atoms with Gasteiger partial charge in [0.1, 0.15) is 5.16 Å². The Morgan fingerprint density at radius 2 is 1.89 bits per heavy atom. The summed E-state index contributed by atoms with van der Waals surface area (Å²) in [6.07, 6.45) is 2.02. The number of nitrogens with one attached hydrogen (secondary N) is 1. The lowest BCUT2D eigenvalue weighted by Gasteiger charge is -2.11. The van der Waals surface area contributed by atoms with Gasteiger partial charge in [-0.05, 0) is 39.9 Å². The molecule has 0 fully saturated rings. The maximum atomic E-state index is 6.03. The molecule has 0 unspecified atom stereocenters. The summed E-state index contributed by atoms with van der Waals surface area (Å²) >= 11 is 7.85. The van der Waals surface area contributed by atoms with Crippen LogP contribution in [0.4, 0.5) is 0 Å². The number of rotatable bonds is 0. The molecule has 88 valence electrons. The third kappa shape index (κ3) is 1.46. The Bertz CT molecular complexity index is 801. The molecular weight excluding hydrogens is 262 g/mol. The minimum absolute atomic E-state index is 0.735. The molecule has 1 aromatic heterocycles. The monoisotopic (exact) mass is 271 g/mol. The van der Waals surface area contributed by atoms with Crippen LogP contribution in [0.25, 0.3) is 26.9 Å². The van der Waals surface area contributed by atoms with Crippen LogP contribution in [0.3, 0.4) is 0 Å². The molecule has 3 heteroatoms. The fourth-order valence-corrected chi connectivity index (χ4v) is 3.93. The first kappa shape index (κ1) is 10.4. The molecule has 0 saturated heterocycles. The van der Waals surface area contributed by atoms with Gasteiger partial charge in [0.05, 0.1) is 0 Å². The second kappa shape index (κ2) is 3.74. The number of benzene rings is 2. The van der Waals surface area contributed by atoms with Gasteiger partial charge in [0.2, 0.25) is 0 Å². The van der Waals surface area contributed by atoms with Crippen molar-refractivity contribution in [3.05, 3.63) is 52.0 Å². The Labute approximate surface area is 114 Å². The van der Waals surface area contributed by atoms with Crippen LogP contribution >= 0.6 is 22.9 Å². The van der Waals surface area contributed by atoms with Crippen molar-refractivity contribution in [3.8, 4) is 0 Å². The van der Waals surface area contributed by atoms with Gasteiger partial charge in [-0.1, -0.05) is 35.9 Å². The lowest BCUT2D eigenvalue weighted by molar-refractivity contribution is 0.855. The lowest BCUT2D eigenvalue weighted by atomic mass is 10.0. The molecule has 0 radical (unpaired) electrons. The highest BCUT2D eigenvalue weighted by atomic mass is 35.5. The van der Waals surface area contributed by atoms with E-state index in [4.69, 9.17) is 11.6 Å². The number of thiophene rings is 1. The van der Waals surface area contributed by atoms with Gasteiger partial charge in [-0.2, -0.15) is 0 Å². The first-order valence-electron chi connectivity index (χ1n) is 5.86. The summed E-state index contributed by atoms with van der Waals surface area (Å²) < 4.78 is 1.34. The van der Waals surface area contributed by atoms with Crippen LogP contribution in [0.2, 0.25) is 0 Å². The quantitative estimate of drug-likeness (QED) is 0.585. The zero-order chi connectivity index (χ0) is 12.1. The predicted octanol–water partition coefficient (Wildman–Crippen LogP) is 4.69. The first-order valence-corrected chi connectivity index (χ1v) is 7.06. The lowest BCUT2D eigenvalue weighted by Crippen LogP contribution is -2.12. The molecule has 2 aromatic carbocycles. The van der Waals surface area contributed by atoms with Crippen LogP contribution in [-0.4, -0.2) is 0 Å². The maximum Gasteiger partial charge on any atom is 0.103 e. The zero-order valence-corrected chi connectivity index (χ0v) is 11.1. The second-order valence-electron chi connectivity index (χ2n) is 4.49. The van der Waals surface area contributed by atoms with E-state index in [0.29, 0.717) is 0 Å². The Balaban J connectivity index is 2.11. The Morgan fingerprint density at radius 1 is 1.11 bits per heavy atom. The van der Waals surface area contributed by atoms with Crippen molar-refractivity contribution < 1.29 is 0 Å². The van der Waals surface area contributed by atoms with Gasteiger partial charge < -0.3 is 5.32 Å². The molecule has 0 amide bonds. The zero-order valence-electron chi connectivity index (χ0n) is 9.53. The fourth-order valence-electron chi connectivity index (χ4n) is 2.49. The number of fused-ring (bicyclic) bond motifs is 4. The van der Waals surface area contributed by atoms with E-state index in [-0.39, 0.29) is 0 Å². The molecule has 3 aromatic rings. The third-order valence-corrected chi connectivity index (χ3v) is 4.77. The van der Waals surface area contributed by atoms with Gasteiger partial charge in [0.25, 0.3) is 0 Å². The largest absolute Gasteiger partial charge is 0.372 e. The van der Waals surface area contributed by atoms with Crippen molar-refractivity contribution in [2.24, 2.45) is 0 Å². The van der Waals surface area contributed by atoms with Gasteiger partial charge in [0.15, 0.2) is 0 Å². The molecule has 4 rings (SSSR count). The minimum Gasteiger partial charge on any atom is -0.372 e. The van der Waals surface area contributed by atoms with Gasteiger partial charge in [-0.3, -0.25) is 0 Å². The van der Waals surface area contributed by atoms with Gasteiger partial charge in [-0.25, -0.2) is 0 Å². The molecule has 2 heterocycles. The molecule has 0 saturated carbocycles. The predicted molar refractivity (Wildman–Crippen MR) is 80.0 cm³/mol. The van der Waals surface area contributed by atoms with Gasteiger partial charge in [-0.15, -0.1) is 11.3 Å². The molecule has 1 nitrogen and oxygen atoms in total. The van der Waals surface area contributed by atoms with Crippen LogP contribution in [0.5, 0.6) is 0 Å². The summed E-state index contributed by atoms with van der Waals surface area (Å²) in [5, 5.41) is 7.88. The molecule has 0 bridgehead atoms. The Hall–Kier alpha value is -1.51. The molecule has 1 aliphatic rings. The van der Waals surface area contributed by atoms with Crippen LogP contribution in [0.1, 0.15) is 10.4 Å². The summed E-state index contributed by atoms with van der Waals surface area (Å²) in [4.78, 5) is 1.28. The van der Waals surface area contributed by atoms with Crippen molar-refractivity contribution >= 4 is 49.9 Å². The van der Waals surface area contributed by atoms with E-state index < -0.39 is 0 Å². The Kier molecular flexibility index (Phi) is 2.16. The van der Waals surface area contributed by atoms with Crippen LogP contribution in [0, 0.1) is 0 Å². The van der Waals surface area contributed by atoms with E-state index >= 15 is 0 Å². The fraction of sp³-hybridized carbons (Fsp3) is 0.0667. The van der Waals surface area contributed by atoms with Crippen molar-refractivity contribution in [1.82, 2.24) is 5.32 Å². The molecule has 0 atom stereocenters. The summed E-state index contributed by atoms with van der Waals surface area (Å²) in [5.74, 6) is 0. The Morgan fingerprint density at radius 3 is 2.72 bits per heavy atom. The average Bonchev–Trinajstić information content (AvgIpc) is 2.72. The molecule has 1 N–H and O–H groups in total. The summed E-state index contributed by atoms with van der Waals surface area (Å²) in [6.45, 7) is 0.822. The van der Waals surface area contributed by atoms with E-state index in [0.717, 1.165) is 11.7 Å². The summed E-state index contributed by atoms with van der Waals surface area (Å²) in [7, 11) is 0. The van der Waals surface area contributed by atoms with Crippen molar-refractivity contribution in [3.63, 3.8) is 0 Å². The van der Waals surface area contributed by atoms with Crippen molar-refractivity contribution in [2.45, 2.75) is 6.54 Å². The SMILES string of the molecule is ClC1=Cc2sc3cc4ccccc4cc3c2CN1. The standard InChI is InChI=1S/C15H10ClNS/c16-15-7-14-12(8-17-15)11-5-9-3-1-2-4-10(9)6-13(11)18-14/h1-7,17H,8H2. The maximum absolute atomic E-state index is 6.03. The topological polar surface area (TPSA) is 12.0 Å². The second-order valence-corrected chi connectivity index (χ2v) is 5.98. The average molecular weight is 272 g/mol. The minimum atomic E-state index is 0.735. The number of hydrogen-bond acceptors (Lipinski definition) is 2. The van der Waals surface area contributed by atoms with Crippen molar-refractivity contribution in [2.75, 3.05) is 0 Å². The van der Waals surface area contributed by atoms with Crippen molar-refractivity contribution in [1.29, 1.82) is 0 Å². The smallest absolute Gasteiger partial charge is 0.103 e. The number of halogens is 1. The highest BCUT2D eigenvalue weighted by Gasteiger charge is 2.15. The van der Waals surface area contributed by atoms with E-state index in [1.54, 1.807) is 0 Å². The molecule has 18 heavy (non-hydrogen) atoms. The molecule has 0 aliphatic carbocycles. The molecular formula is C15H10ClNS. The normalized spacial score (nSPS) is 14.4. The van der Waals surface area contributed by atoms with E-state index in [9.17, 15) is 0 Å². The van der Waals surface area contributed by atoms with Gasteiger partial charge >= 0.3 is 0 Å². The molecule has 1 aliphatic heterocycles. The summed E-state index contributed by atoms with van der Waals surface area (Å²) in [6, 6.07) is 13.1. The van der Waals surface area contributed by atoms with Crippen LogP contribution < -0.4 is 5.32 Å². The first-order chi connectivity index (χ1) is 8.81.